The monoisotopic (exact) mass is 205 g/mol. The maximum atomic E-state index is 5.66. The third kappa shape index (κ3) is 3.01. The number of rotatable bonds is 5. The molecule has 3 heteroatoms. The topological polar surface area (TPSA) is 42.2 Å². The molecule has 0 radical (unpaired) electrons. The minimum atomic E-state index is 0.535. The van der Waals surface area contributed by atoms with E-state index in [-0.39, 0.29) is 0 Å². The van der Waals surface area contributed by atoms with Crippen molar-refractivity contribution in [1.29, 1.82) is 0 Å². The van der Waals surface area contributed by atoms with E-state index < -0.39 is 0 Å². The first-order valence-electron chi connectivity index (χ1n) is 5.61. The molecule has 3 nitrogen and oxygen atoms in total. The molecule has 0 bridgehead atoms. The molecule has 1 aromatic rings. The summed E-state index contributed by atoms with van der Waals surface area (Å²) >= 11 is 0. The van der Waals surface area contributed by atoms with Crippen molar-refractivity contribution in [3.05, 3.63) is 29.6 Å². The highest BCUT2D eigenvalue weighted by molar-refractivity contribution is 5.19. The maximum Gasteiger partial charge on any atom is 0.0584 e. The fraction of sp³-hybridized carbons (Fsp3) is 0.583. The molecule has 0 unspecified atom stereocenters. The summed E-state index contributed by atoms with van der Waals surface area (Å²) in [6.07, 6.45) is 4.62. The second-order valence-corrected chi connectivity index (χ2v) is 4.45. The number of nitrogens with two attached hydrogens (primary N) is 1. The Bertz CT molecular complexity index is 320. The van der Waals surface area contributed by atoms with Gasteiger partial charge in [0, 0.05) is 25.8 Å². The largest absolute Gasteiger partial charge is 0.325 e. The number of hydrogen-bond donors (Lipinski definition) is 1. The number of nitrogens with zero attached hydrogens (tertiary/aromatic N) is 2. The molecule has 1 saturated carbocycles. The Labute approximate surface area is 91.3 Å². The van der Waals surface area contributed by atoms with E-state index in [0.717, 1.165) is 18.2 Å². The van der Waals surface area contributed by atoms with E-state index in [9.17, 15) is 0 Å². The Morgan fingerprint density at radius 3 is 3.00 bits per heavy atom. The van der Waals surface area contributed by atoms with Crippen molar-refractivity contribution in [2.45, 2.75) is 25.9 Å². The van der Waals surface area contributed by atoms with Crippen LogP contribution in [-0.2, 0) is 13.1 Å². The van der Waals surface area contributed by atoms with Gasteiger partial charge in [0.05, 0.1) is 5.69 Å². The summed E-state index contributed by atoms with van der Waals surface area (Å²) in [5.74, 6) is 0.938. The van der Waals surface area contributed by atoms with Crippen LogP contribution in [0.15, 0.2) is 18.3 Å². The Kier molecular flexibility index (Phi) is 3.34. The average Bonchev–Trinajstić information content (AvgIpc) is 3.02. The van der Waals surface area contributed by atoms with Gasteiger partial charge in [-0.1, -0.05) is 6.07 Å². The Morgan fingerprint density at radius 1 is 1.53 bits per heavy atom. The van der Waals surface area contributed by atoms with Gasteiger partial charge in [0.1, 0.15) is 0 Å². The zero-order valence-corrected chi connectivity index (χ0v) is 9.32. The minimum absolute atomic E-state index is 0.535. The van der Waals surface area contributed by atoms with E-state index in [1.807, 2.05) is 12.3 Å². The zero-order valence-electron chi connectivity index (χ0n) is 9.32. The molecule has 0 aromatic carbocycles. The summed E-state index contributed by atoms with van der Waals surface area (Å²) in [6.45, 7) is 2.71. The van der Waals surface area contributed by atoms with Crippen LogP contribution in [0.5, 0.6) is 0 Å². The first kappa shape index (κ1) is 10.6. The average molecular weight is 205 g/mol. The molecule has 82 valence electrons. The van der Waals surface area contributed by atoms with Gasteiger partial charge in [-0.05, 0) is 37.4 Å². The Morgan fingerprint density at radius 2 is 2.33 bits per heavy atom. The van der Waals surface area contributed by atoms with Crippen molar-refractivity contribution in [1.82, 2.24) is 9.88 Å². The SMILES string of the molecule is CN(Cc1cccnc1CN)CC1CC1. The summed E-state index contributed by atoms with van der Waals surface area (Å²) in [4.78, 5) is 6.66. The highest BCUT2D eigenvalue weighted by atomic mass is 15.1. The maximum absolute atomic E-state index is 5.66. The van der Waals surface area contributed by atoms with Crippen LogP contribution in [-0.4, -0.2) is 23.5 Å². The smallest absolute Gasteiger partial charge is 0.0584 e. The van der Waals surface area contributed by atoms with E-state index in [1.54, 1.807) is 0 Å². The van der Waals surface area contributed by atoms with Gasteiger partial charge in [-0.15, -0.1) is 0 Å². The van der Waals surface area contributed by atoms with Crippen LogP contribution in [0, 0.1) is 5.92 Å². The van der Waals surface area contributed by atoms with Crippen molar-refractivity contribution >= 4 is 0 Å². The van der Waals surface area contributed by atoms with E-state index in [0.29, 0.717) is 6.54 Å². The van der Waals surface area contributed by atoms with E-state index in [4.69, 9.17) is 5.73 Å². The van der Waals surface area contributed by atoms with Gasteiger partial charge in [0.15, 0.2) is 0 Å². The normalized spacial score (nSPS) is 15.9. The minimum Gasteiger partial charge on any atom is -0.325 e. The molecule has 1 fully saturated rings. The molecule has 1 heterocycles. The van der Waals surface area contributed by atoms with Crippen molar-refractivity contribution in [2.24, 2.45) is 11.7 Å². The second-order valence-electron chi connectivity index (χ2n) is 4.45. The van der Waals surface area contributed by atoms with Crippen molar-refractivity contribution in [3.63, 3.8) is 0 Å². The third-order valence-corrected chi connectivity index (χ3v) is 2.88. The van der Waals surface area contributed by atoms with Gasteiger partial charge in [-0.3, -0.25) is 4.98 Å². The molecule has 15 heavy (non-hydrogen) atoms. The van der Waals surface area contributed by atoms with E-state index >= 15 is 0 Å². The summed E-state index contributed by atoms with van der Waals surface area (Å²) in [6, 6.07) is 4.11. The fourth-order valence-corrected chi connectivity index (χ4v) is 1.90. The quantitative estimate of drug-likeness (QED) is 0.789. The Balaban J connectivity index is 1.95. The second kappa shape index (κ2) is 4.73. The van der Waals surface area contributed by atoms with Gasteiger partial charge < -0.3 is 10.6 Å². The molecule has 0 spiro atoms. The zero-order chi connectivity index (χ0) is 10.7. The summed E-state index contributed by atoms with van der Waals surface area (Å²) in [7, 11) is 2.17. The first-order valence-corrected chi connectivity index (χ1v) is 5.61. The lowest BCUT2D eigenvalue weighted by atomic mass is 10.2. The standard InChI is InChI=1S/C12H19N3/c1-15(8-10-4-5-10)9-11-3-2-6-14-12(11)7-13/h2-3,6,10H,4-5,7-9,13H2,1H3. The Hall–Kier alpha value is -0.930. The first-order chi connectivity index (χ1) is 7.29. The van der Waals surface area contributed by atoms with Gasteiger partial charge in [0.2, 0.25) is 0 Å². The number of aromatic nitrogens is 1. The van der Waals surface area contributed by atoms with Gasteiger partial charge in [0.25, 0.3) is 0 Å². The molecule has 1 aromatic heterocycles. The van der Waals surface area contributed by atoms with Crippen LogP contribution >= 0.6 is 0 Å². The van der Waals surface area contributed by atoms with Gasteiger partial charge in [-0.25, -0.2) is 0 Å². The van der Waals surface area contributed by atoms with Crippen LogP contribution in [0.4, 0.5) is 0 Å². The molecule has 0 saturated heterocycles. The van der Waals surface area contributed by atoms with Crippen molar-refractivity contribution in [3.8, 4) is 0 Å². The molecule has 0 atom stereocenters. The van der Waals surface area contributed by atoms with E-state index in [1.165, 1.54) is 24.9 Å². The van der Waals surface area contributed by atoms with Crippen LogP contribution in [0.2, 0.25) is 0 Å². The van der Waals surface area contributed by atoms with Crippen LogP contribution in [0.3, 0.4) is 0 Å². The lowest BCUT2D eigenvalue weighted by molar-refractivity contribution is 0.311. The van der Waals surface area contributed by atoms with Crippen LogP contribution < -0.4 is 5.73 Å². The van der Waals surface area contributed by atoms with Gasteiger partial charge >= 0.3 is 0 Å². The third-order valence-electron chi connectivity index (χ3n) is 2.88. The van der Waals surface area contributed by atoms with Crippen LogP contribution in [0.1, 0.15) is 24.1 Å². The number of pyridine rings is 1. The predicted octanol–water partition coefficient (Wildman–Crippen LogP) is 1.38. The molecule has 2 N–H and O–H groups in total. The molecule has 1 aliphatic carbocycles. The lowest BCUT2D eigenvalue weighted by Gasteiger charge is -2.17. The predicted molar refractivity (Wildman–Crippen MR) is 61.2 cm³/mol. The number of hydrogen-bond acceptors (Lipinski definition) is 3. The highest BCUT2D eigenvalue weighted by Crippen LogP contribution is 2.29. The highest BCUT2D eigenvalue weighted by Gasteiger charge is 2.22. The molecular weight excluding hydrogens is 186 g/mol. The van der Waals surface area contributed by atoms with Crippen molar-refractivity contribution in [2.75, 3.05) is 13.6 Å². The fourth-order valence-electron chi connectivity index (χ4n) is 1.90. The molecular formula is C12H19N3. The molecule has 0 aliphatic heterocycles. The molecule has 2 rings (SSSR count). The summed E-state index contributed by atoms with van der Waals surface area (Å²) < 4.78 is 0. The molecule has 1 aliphatic rings. The van der Waals surface area contributed by atoms with E-state index in [2.05, 4.69) is 23.0 Å². The molecule has 0 amide bonds. The lowest BCUT2D eigenvalue weighted by Crippen LogP contribution is -2.21. The van der Waals surface area contributed by atoms with Gasteiger partial charge in [-0.2, -0.15) is 0 Å². The summed E-state index contributed by atoms with van der Waals surface area (Å²) in [5, 5.41) is 0. The summed E-state index contributed by atoms with van der Waals surface area (Å²) in [5.41, 5.74) is 7.95. The van der Waals surface area contributed by atoms with Crippen molar-refractivity contribution < 1.29 is 0 Å². The van der Waals surface area contributed by atoms with Crippen LogP contribution in [0.25, 0.3) is 0 Å².